The van der Waals surface area contributed by atoms with Crippen LogP contribution in [0, 0.1) is 6.92 Å². The van der Waals surface area contributed by atoms with Crippen LogP contribution in [-0.2, 0) is 11.3 Å². The minimum atomic E-state index is -0.00893. The lowest BCUT2D eigenvalue weighted by molar-refractivity contribution is -0.119. The van der Waals surface area contributed by atoms with E-state index in [0.29, 0.717) is 6.54 Å². The number of rotatable bonds is 5. The summed E-state index contributed by atoms with van der Waals surface area (Å²) in [5, 5.41) is 5.99. The van der Waals surface area contributed by atoms with Gasteiger partial charge in [-0.05, 0) is 30.2 Å². The second-order valence-corrected chi connectivity index (χ2v) is 4.49. The Labute approximate surface area is 113 Å². The highest BCUT2D eigenvalue weighted by molar-refractivity contribution is 5.80. The van der Waals surface area contributed by atoms with Crippen LogP contribution in [0.5, 0.6) is 0 Å². The summed E-state index contributed by atoms with van der Waals surface area (Å²) in [6, 6.07) is 17.9. The SMILES string of the molecule is Cc1cccc(NCC(=O)NCc2ccccc2)c1. The van der Waals surface area contributed by atoms with Crippen LogP contribution in [0.2, 0.25) is 0 Å². The average molecular weight is 254 g/mol. The van der Waals surface area contributed by atoms with Gasteiger partial charge in [0.15, 0.2) is 0 Å². The summed E-state index contributed by atoms with van der Waals surface area (Å²) >= 11 is 0. The van der Waals surface area contributed by atoms with Crippen LogP contribution >= 0.6 is 0 Å². The van der Waals surface area contributed by atoms with Crippen LogP contribution in [0.3, 0.4) is 0 Å². The van der Waals surface area contributed by atoms with Crippen molar-refractivity contribution in [1.29, 1.82) is 0 Å². The van der Waals surface area contributed by atoms with E-state index in [0.717, 1.165) is 11.3 Å². The van der Waals surface area contributed by atoms with Crippen LogP contribution in [-0.4, -0.2) is 12.5 Å². The Morgan fingerprint density at radius 3 is 2.58 bits per heavy atom. The summed E-state index contributed by atoms with van der Waals surface area (Å²) in [6.07, 6.45) is 0. The van der Waals surface area contributed by atoms with Gasteiger partial charge in [0.1, 0.15) is 0 Å². The van der Waals surface area contributed by atoms with Gasteiger partial charge in [-0.1, -0.05) is 42.5 Å². The first kappa shape index (κ1) is 13.1. The summed E-state index contributed by atoms with van der Waals surface area (Å²) < 4.78 is 0. The van der Waals surface area contributed by atoms with Gasteiger partial charge in [0.05, 0.1) is 6.54 Å². The number of anilines is 1. The van der Waals surface area contributed by atoms with E-state index >= 15 is 0 Å². The van der Waals surface area contributed by atoms with E-state index in [2.05, 4.69) is 10.6 Å². The Morgan fingerprint density at radius 1 is 1.05 bits per heavy atom. The van der Waals surface area contributed by atoms with E-state index in [1.165, 1.54) is 5.56 Å². The second kappa shape index (κ2) is 6.59. The zero-order chi connectivity index (χ0) is 13.5. The Kier molecular flexibility index (Phi) is 4.56. The summed E-state index contributed by atoms with van der Waals surface area (Å²) in [7, 11) is 0. The van der Waals surface area contributed by atoms with Crippen LogP contribution in [0.1, 0.15) is 11.1 Å². The summed E-state index contributed by atoms with van der Waals surface area (Å²) in [6.45, 7) is 2.88. The molecular weight excluding hydrogens is 236 g/mol. The van der Waals surface area contributed by atoms with E-state index in [1.807, 2.05) is 61.5 Å². The molecule has 0 aliphatic carbocycles. The molecule has 0 saturated carbocycles. The molecule has 3 heteroatoms. The van der Waals surface area contributed by atoms with Gasteiger partial charge in [-0.3, -0.25) is 4.79 Å². The first-order valence-electron chi connectivity index (χ1n) is 6.35. The van der Waals surface area contributed by atoms with Gasteiger partial charge in [-0.15, -0.1) is 0 Å². The molecule has 0 unspecified atom stereocenters. The number of amides is 1. The normalized spacial score (nSPS) is 9.95. The number of nitrogens with one attached hydrogen (secondary N) is 2. The van der Waals surface area contributed by atoms with Crippen LogP contribution in [0.15, 0.2) is 54.6 Å². The fourth-order valence-corrected chi connectivity index (χ4v) is 1.80. The fourth-order valence-electron chi connectivity index (χ4n) is 1.80. The summed E-state index contributed by atoms with van der Waals surface area (Å²) in [4.78, 5) is 11.7. The lowest BCUT2D eigenvalue weighted by atomic mass is 10.2. The lowest BCUT2D eigenvalue weighted by Gasteiger charge is -2.08. The molecule has 0 aliphatic heterocycles. The molecule has 0 bridgehead atoms. The first-order valence-corrected chi connectivity index (χ1v) is 6.35. The highest BCUT2D eigenvalue weighted by Gasteiger charge is 2.01. The van der Waals surface area contributed by atoms with Crippen molar-refractivity contribution >= 4 is 11.6 Å². The standard InChI is InChI=1S/C16H18N2O/c1-13-6-5-9-15(10-13)17-12-16(19)18-11-14-7-3-2-4-8-14/h2-10,17H,11-12H2,1H3,(H,18,19). The second-order valence-electron chi connectivity index (χ2n) is 4.49. The smallest absolute Gasteiger partial charge is 0.239 e. The zero-order valence-corrected chi connectivity index (χ0v) is 11.0. The van der Waals surface area contributed by atoms with Crippen molar-refractivity contribution in [2.45, 2.75) is 13.5 Å². The van der Waals surface area contributed by atoms with Crippen LogP contribution < -0.4 is 10.6 Å². The fraction of sp³-hybridized carbons (Fsp3) is 0.188. The maximum atomic E-state index is 11.7. The lowest BCUT2D eigenvalue weighted by Crippen LogP contribution is -2.29. The third-order valence-electron chi connectivity index (χ3n) is 2.80. The van der Waals surface area contributed by atoms with E-state index in [1.54, 1.807) is 0 Å². The molecule has 2 N–H and O–H groups in total. The molecule has 0 radical (unpaired) electrons. The van der Waals surface area contributed by atoms with Gasteiger partial charge >= 0.3 is 0 Å². The highest BCUT2D eigenvalue weighted by Crippen LogP contribution is 2.08. The molecule has 0 saturated heterocycles. The maximum absolute atomic E-state index is 11.7. The molecule has 2 rings (SSSR count). The molecule has 98 valence electrons. The van der Waals surface area contributed by atoms with Gasteiger partial charge in [0, 0.05) is 12.2 Å². The number of carbonyl (C=O) groups excluding carboxylic acids is 1. The number of aryl methyl sites for hydroxylation is 1. The molecule has 0 spiro atoms. The molecule has 0 aliphatic rings. The Morgan fingerprint density at radius 2 is 1.84 bits per heavy atom. The van der Waals surface area contributed by atoms with E-state index in [4.69, 9.17) is 0 Å². The van der Waals surface area contributed by atoms with Crippen molar-refractivity contribution in [3.63, 3.8) is 0 Å². The van der Waals surface area contributed by atoms with Gasteiger partial charge in [0.25, 0.3) is 0 Å². The Balaban J connectivity index is 1.76. The Bertz CT molecular complexity index is 537. The largest absolute Gasteiger partial charge is 0.376 e. The van der Waals surface area contributed by atoms with Crippen molar-refractivity contribution in [3.05, 3.63) is 65.7 Å². The van der Waals surface area contributed by atoms with E-state index in [-0.39, 0.29) is 12.5 Å². The van der Waals surface area contributed by atoms with Crippen molar-refractivity contribution in [2.75, 3.05) is 11.9 Å². The number of benzene rings is 2. The van der Waals surface area contributed by atoms with Crippen molar-refractivity contribution < 1.29 is 4.79 Å². The number of carbonyl (C=O) groups is 1. The van der Waals surface area contributed by atoms with Crippen molar-refractivity contribution in [2.24, 2.45) is 0 Å². The quantitative estimate of drug-likeness (QED) is 0.861. The zero-order valence-electron chi connectivity index (χ0n) is 11.0. The van der Waals surface area contributed by atoms with E-state index < -0.39 is 0 Å². The summed E-state index contributed by atoms with van der Waals surface area (Å²) in [5.41, 5.74) is 3.25. The molecule has 0 heterocycles. The summed E-state index contributed by atoms with van der Waals surface area (Å²) in [5.74, 6) is -0.00893. The molecular formula is C16H18N2O. The molecule has 2 aromatic rings. The highest BCUT2D eigenvalue weighted by atomic mass is 16.1. The number of hydrogen-bond donors (Lipinski definition) is 2. The minimum Gasteiger partial charge on any atom is -0.376 e. The van der Waals surface area contributed by atoms with Gasteiger partial charge < -0.3 is 10.6 Å². The van der Waals surface area contributed by atoms with E-state index in [9.17, 15) is 4.79 Å². The Hall–Kier alpha value is -2.29. The third kappa shape index (κ3) is 4.47. The average Bonchev–Trinajstić information content (AvgIpc) is 2.44. The minimum absolute atomic E-state index is 0.00893. The van der Waals surface area contributed by atoms with Crippen LogP contribution in [0.25, 0.3) is 0 Å². The van der Waals surface area contributed by atoms with Gasteiger partial charge in [-0.2, -0.15) is 0 Å². The predicted molar refractivity (Wildman–Crippen MR) is 78.0 cm³/mol. The molecule has 1 amide bonds. The molecule has 0 fully saturated rings. The molecule has 0 atom stereocenters. The maximum Gasteiger partial charge on any atom is 0.239 e. The third-order valence-corrected chi connectivity index (χ3v) is 2.80. The topological polar surface area (TPSA) is 41.1 Å². The van der Waals surface area contributed by atoms with Crippen molar-refractivity contribution in [3.8, 4) is 0 Å². The first-order chi connectivity index (χ1) is 9.24. The number of hydrogen-bond acceptors (Lipinski definition) is 2. The van der Waals surface area contributed by atoms with Gasteiger partial charge in [0.2, 0.25) is 5.91 Å². The van der Waals surface area contributed by atoms with Crippen LogP contribution in [0.4, 0.5) is 5.69 Å². The molecule has 3 nitrogen and oxygen atoms in total. The van der Waals surface area contributed by atoms with Gasteiger partial charge in [-0.25, -0.2) is 0 Å². The molecule has 2 aromatic carbocycles. The van der Waals surface area contributed by atoms with Crippen molar-refractivity contribution in [1.82, 2.24) is 5.32 Å². The monoisotopic (exact) mass is 254 g/mol. The molecule has 0 aromatic heterocycles. The predicted octanol–water partition coefficient (Wildman–Crippen LogP) is 2.72. The molecule has 19 heavy (non-hydrogen) atoms.